The summed E-state index contributed by atoms with van der Waals surface area (Å²) in [6, 6.07) is 5.80. The lowest BCUT2D eigenvalue weighted by molar-refractivity contribution is -0.274. The molecule has 0 spiro atoms. The summed E-state index contributed by atoms with van der Waals surface area (Å²) in [4.78, 5) is 23.5. The van der Waals surface area contributed by atoms with Gasteiger partial charge in [0, 0.05) is 18.1 Å². The van der Waals surface area contributed by atoms with Crippen molar-refractivity contribution in [2.45, 2.75) is 26.4 Å². The highest BCUT2D eigenvalue weighted by Crippen LogP contribution is 2.40. The van der Waals surface area contributed by atoms with E-state index in [1.807, 2.05) is 0 Å². The van der Waals surface area contributed by atoms with E-state index in [4.69, 9.17) is 0 Å². The maximum atomic E-state index is 13.3. The molecule has 3 heterocycles. The molecule has 1 aliphatic heterocycles. The highest BCUT2D eigenvalue weighted by molar-refractivity contribution is 6.12. The summed E-state index contributed by atoms with van der Waals surface area (Å²) in [6.45, 7) is 3.09. The Kier molecular flexibility index (Phi) is 5.62. The van der Waals surface area contributed by atoms with E-state index in [1.165, 1.54) is 35.2 Å². The maximum Gasteiger partial charge on any atom is 0.573 e. The van der Waals surface area contributed by atoms with Crippen LogP contribution in [0.2, 0.25) is 0 Å². The molecular formula is C22H16F6N4O2. The Morgan fingerprint density at radius 2 is 1.59 bits per heavy atom. The number of aryl methyl sites for hydroxylation is 2. The molecule has 178 valence electrons. The fourth-order valence-electron chi connectivity index (χ4n) is 3.71. The highest BCUT2D eigenvalue weighted by atomic mass is 19.4. The normalized spacial score (nSPS) is 14.3. The smallest absolute Gasteiger partial charge is 0.406 e. The van der Waals surface area contributed by atoms with Crippen LogP contribution in [0.1, 0.15) is 27.2 Å². The van der Waals surface area contributed by atoms with Gasteiger partial charge in [-0.1, -0.05) is 0 Å². The van der Waals surface area contributed by atoms with Gasteiger partial charge in [-0.25, -0.2) is 4.98 Å². The van der Waals surface area contributed by atoms with Crippen molar-refractivity contribution < 1.29 is 35.9 Å². The minimum atomic E-state index is -4.88. The molecule has 0 saturated heterocycles. The molecule has 6 nitrogen and oxygen atoms in total. The first-order valence-corrected chi connectivity index (χ1v) is 9.79. The van der Waals surface area contributed by atoms with Crippen molar-refractivity contribution in [1.29, 1.82) is 0 Å². The van der Waals surface area contributed by atoms with Gasteiger partial charge < -0.3 is 9.64 Å². The van der Waals surface area contributed by atoms with Crippen molar-refractivity contribution in [3.8, 4) is 5.75 Å². The average molecular weight is 482 g/mol. The predicted molar refractivity (Wildman–Crippen MR) is 110 cm³/mol. The van der Waals surface area contributed by atoms with Gasteiger partial charge in [-0.15, -0.1) is 13.2 Å². The number of nitrogens with zero attached hydrogens (tertiary/aromatic N) is 4. The number of pyridine rings is 2. The molecule has 1 aliphatic rings. The number of rotatable bonds is 3. The lowest BCUT2D eigenvalue weighted by Gasteiger charge is -2.39. The number of carbonyl (C=O) groups excluding carboxylic acids is 1. The molecule has 1 amide bonds. The SMILES string of the molecule is Cc1cnccc1N1CN(c2ccc(OC(F)(F)F)cc2C)c2cnc(C(F)(F)F)cc2C1=O. The zero-order chi connectivity index (χ0) is 24.8. The zero-order valence-electron chi connectivity index (χ0n) is 17.7. The molecule has 4 rings (SSSR count). The van der Waals surface area contributed by atoms with Gasteiger partial charge >= 0.3 is 12.5 Å². The number of amides is 1. The Morgan fingerprint density at radius 1 is 0.882 bits per heavy atom. The van der Waals surface area contributed by atoms with Gasteiger partial charge in [0.2, 0.25) is 0 Å². The van der Waals surface area contributed by atoms with Gasteiger partial charge in [0.1, 0.15) is 18.1 Å². The van der Waals surface area contributed by atoms with Crippen LogP contribution in [0.15, 0.2) is 48.9 Å². The van der Waals surface area contributed by atoms with Crippen molar-refractivity contribution in [3.63, 3.8) is 0 Å². The largest absolute Gasteiger partial charge is 0.573 e. The van der Waals surface area contributed by atoms with Crippen LogP contribution in [0.4, 0.5) is 43.4 Å². The Balaban J connectivity index is 1.85. The zero-order valence-corrected chi connectivity index (χ0v) is 17.7. The molecule has 0 N–H and O–H groups in total. The van der Waals surface area contributed by atoms with Crippen molar-refractivity contribution in [1.82, 2.24) is 9.97 Å². The van der Waals surface area contributed by atoms with E-state index in [0.29, 0.717) is 28.6 Å². The molecule has 34 heavy (non-hydrogen) atoms. The molecule has 0 unspecified atom stereocenters. The Morgan fingerprint density at radius 3 is 2.21 bits per heavy atom. The molecule has 0 atom stereocenters. The third-order valence-corrected chi connectivity index (χ3v) is 5.20. The van der Waals surface area contributed by atoms with E-state index in [0.717, 1.165) is 18.3 Å². The molecule has 0 bridgehead atoms. The second-order valence-electron chi connectivity index (χ2n) is 7.55. The summed E-state index contributed by atoms with van der Waals surface area (Å²) in [7, 11) is 0. The number of alkyl halides is 6. The fourth-order valence-corrected chi connectivity index (χ4v) is 3.71. The van der Waals surface area contributed by atoms with Crippen LogP contribution in [0.5, 0.6) is 5.75 Å². The monoisotopic (exact) mass is 482 g/mol. The summed E-state index contributed by atoms with van der Waals surface area (Å²) in [5.41, 5.74) is 0.340. The number of anilines is 3. The molecule has 0 fully saturated rings. The first-order valence-electron chi connectivity index (χ1n) is 9.79. The number of aromatic nitrogens is 2. The lowest BCUT2D eigenvalue weighted by atomic mass is 10.0. The van der Waals surface area contributed by atoms with E-state index in [1.54, 1.807) is 13.0 Å². The molecule has 1 aromatic carbocycles. The average Bonchev–Trinajstić information content (AvgIpc) is 2.73. The summed E-state index contributed by atoms with van der Waals surface area (Å²) in [5.74, 6) is -1.13. The second kappa shape index (κ2) is 8.19. The third-order valence-electron chi connectivity index (χ3n) is 5.20. The number of carbonyl (C=O) groups is 1. The molecule has 12 heteroatoms. The van der Waals surface area contributed by atoms with Gasteiger partial charge in [0.25, 0.3) is 5.91 Å². The Hall–Kier alpha value is -3.83. The van der Waals surface area contributed by atoms with Gasteiger partial charge in [0.05, 0.1) is 23.1 Å². The van der Waals surface area contributed by atoms with Gasteiger partial charge in [-0.05, 0) is 55.3 Å². The molecule has 0 saturated carbocycles. The van der Waals surface area contributed by atoms with Crippen molar-refractivity contribution in [3.05, 3.63) is 71.3 Å². The second-order valence-corrected chi connectivity index (χ2v) is 7.55. The molecular weight excluding hydrogens is 466 g/mol. The van der Waals surface area contributed by atoms with Crippen molar-refractivity contribution >= 4 is 23.0 Å². The summed E-state index contributed by atoms with van der Waals surface area (Å²) in [5, 5.41) is 0. The highest BCUT2D eigenvalue weighted by Gasteiger charge is 2.38. The number of benzene rings is 1. The van der Waals surface area contributed by atoms with Gasteiger partial charge in [-0.3, -0.25) is 14.7 Å². The minimum absolute atomic E-state index is 0.0912. The van der Waals surface area contributed by atoms with E-state index < -0.39 is 29.9 Å². The quantitative estimate of drug-likeness (QED) is 0.444. The number of hydrogen-bond acceptors (Lipinski definition) is 5. The Bertz CT molecular complexity index is 1260. The molecule has 2 aromatic heterocycles. The van der Waals surface area contributed by atoms with Crippen LogP contribution in [0.3, 0.4) is 0 Å². The first-order chi connectivity index (χ1) is 15.8. The van der Waals surface area contributed by atoms with Gasteiger partial charge in [0.15, 0.2) is 0 Å². The predicted octanol–water partition coefficient (Wildman–Crippen LogP) is 5.77. The summed E-state index contributed by atoms with van der Waals surface area (Å²) in [6.07, 6.45) is -5.78. The van der Waals surface area contributed by atoms with Crippen molar-refractivity contribution in [2.75, 3.05) is 16.5 Å². The van der Waals surface area contributed by atoms with Crippen LogP contribution in [-0.2, 0) is 6.18 Å². The first kappa shape index (κ1) is 23.3. The minimum Gasteiger partial charge on any atom is -0.406 e. The molecule has 3 aromatic rings. The van der Waals surface area contributed by atoms with Crippen LogP contribution in [0, 0.1) is 13.8 Å². The standard InChI is InChI=1S/C22H16F6N4O2/c1-12-7-14(34-22(26,27)28)3-4-16(12)31-11-32(17-5-6-29-9-13(17)2)20(33)15-8-19(21(23,24)25)30-10-18(15)31/h3-10H,11H2,1-2H3. The van der Waals surface area contributed by atoms with Crippen LogP contribution >= 0.6 is 0 Å². The topological polar surface area (TPSA) is 58.6 Å². The number of halogens is 6. The number of fused-ring (bicyclic) bond motifs is 1. The van der Waals surface area contributed by atoms with Crippen LogP contribution < -0.4 is 14.5 Å². The van der Waals surface area contributed by atoms with E-state index in [-0.39, 0.29) is 17.9 Å². The van der Waals surface area contributed by atoms with E-state index in [2.05, 4.69) is 14.7 Å². The van der Waals surface area contributed by atoms with Crippen LogP contribution in [-0.4, -0.2) is 28.9 Å². The lowest BCUT2D eigenvalue weighted by Crippen LogP contribution is -2.45. The molecule has 0 aliphatic carbocycles. The maximum absolute atomic E-state index is 13.3. The van der Waals surface area contributed by atoms with Crippen LogP contribution in [0.25, 0.3) is 0 Å². The summed E-state index contributed by atoms with van der Waals surface area (Å²) < 4.78 is 81.7. The van der Waals surface area contributed by atoms with Gasteiger partial charge in [-0.2, -0.15) is 13.2 Å². The van der Waals surface area contributed by atoms with Crippen molar-refractivity contribution in [2.24, 2.45) is 0 Å². The number of hydrogen-bond donors (Lipinski definition) is 0. The Labute approximate surface area is 189 Å². The third kappa shape index (κ3) is 4.47. The fraction of sp³-hybridized carbons (Fsp3) is 0.227. The number of ether oxygens (including phenoxy) is 1. The van der Waals surface area contributed by atoms with E-state index >= 15 is 0 Å². The molecule has 0 radical (unpaired) electrons. The summed E-state index contributed by atoms with van der Waals surface area (Å²) >= 11 is 0. The van der Waals surface area contributed by atoms with E-state index in [9.17, 15) is 31.1 Å².